The fraction of sp³-hybridized carbons (Fsp3) is 0.200. The maximum Gasteiger partial charge on any atom is 0.270 e. The van der Waals surface area contributed by atoms with E-state index < -0.39 is 0 Å². The number of hydrogen-bond donors (Lipinski definition) is 1. The number of carbonyl (C=O) groups is 1. The minimum absolute atomic E-state index is 0.194. The smallest absolute Gasteiger partial charge is 0.270 e. The predicted molar refractivity (Wildman–Crippen MR) is 63.5 cm³/mol. The molecule has 0 bridgehead atoms. The van der Waals surface area contributed by atoms with Gasteiger partial charge in [-0.15, -0.1) is 11.8 Å². The third-order valence-corrected chi connectivity index (χ3v) is 1.84. The number of rotatable bonds is 6. The molecule has 0 unspecified atom stereocenters. The second kappa shape index (κ2) is 8.31. The third-order valence-electron chi connectivity index (χ3n) is 1.30. The lowest BCUT2D eigenvalue weighted by molar-refractivity contribution is -0.114. The molecule has 0 spiro atoms. The van der Waals surface area contributed by atoms with Crippen LogP contribution in [0.2, 0.25) is 0 Å². The van der Waals surface area contributed by atoms with Crippen LogP contribution >= 0.6 is 11.8 Å². The van der Waals surface area contributed by atoms with E-state index in [0.29, 0.717) is 11.6 Å². The molecule has 0 saturated heterocycles. The molecule has 0 atom stereocenters. The van der Waals surface area contributed by atoms with Crippen molar-refractivity contribution >= 4 is 23.4 Å². The van der Waals surface area contributed by atoms with Gasteiger partial charge >= 0.3 is 0 Å². The first kappa shape index (κ1) is 12.7. The SMILES string of the molecule is C=C/C=C\C(=NC)C(=O)NCSC=C. The summed E-state index contributed by atoms with van der Waals surface area (Å²) in [6.45, 7) is 7.04. The van der Waals surface area contributed by atoms with E-state index >= 15 is 0 Å². The summed E-state index contributed by atoms with van der Waals surface area (Å²) in [5, 5.41) is 4.35. The zero-order valence-corrected chi connectivity index (χ0v) is 9.01. The van der Waals surface area contributed by atoms with Crippen LogP contribution in [0.5, 0.6) is 0 Å². The first-order valence-electron chi connectivity index (χ1n) is 4.02. The molecule has 0 heterocycles. The van der Waals surface area contributed by atoms with Crippen LogP contribution in [-0.2, 0) is 4.79 Å². The van der Waals surface area contributed by atoms with Crippen molar-refractivity contribution in [2.75, 3.05) is 12.9 Å². The number of allylic oxidation sites excluding steroid dienone is 2. The molecular formula is C10H14N2OS. The summed E-state index contributed by atoms with van der Waals surface area (Å²) in [7, 11) is 1.57. The summed E-state index contributed by atoms with van der Waals surface area (Å²) >= 11 is 1.42. The topological polar surface area (TPSA) is 41.5 Å². The van der Waals surface area contributed by atoms with E-state index in [4.69, 9.17) is 0 Å². The molecule has 4 heteroatoms. The normalized spacial score (nSPS) is 11.4. The molecule has 1 amide bonds. The number of nitrogens with zero attached hydrogens (tertiary/aromatic N) is 1. The molecule has 0 rings (SSSR count). The summed E-state index contributed by atoms with van der Waals surface area (Å²) in [6, 6.07) is 0. The molecule has 0 saturated carbocycles. The Labute approximate surface area is 88.7 Å². The predicted octanol–water partition coefficient (Wildman–Crippen LogP) is 1.75. The Morgan fingerprint density at radius 2 is 2.29 bits per heavy atom. The van der Waals surface area contributed by atoms with Gasteiger partial charge in [-0.05, 0) is 11.5 Å². The number of hydrogen-bond acceptors (Lipinski definition) is 3. The molecule has 14 heavy (non-hydrogen) atoms. The molecule has 0 aromatic heterocycles. The largest absolute Gasteiger partial charge is 0.341 e. The lowest BCUT2D eigenvalue weighted by Crippen LogP contribution is -2.29. The molecule has 0 aliphatic carbocycles. The van der Waals surface area contributed by atoms with Crippen molar-refractivity contribution in [2.24, 2.45) is 4.99 Å². The molecule has 0 radical (unpaired) electrons. The average molecular weight is 210 g/mol. The zero-order chi connectivity index (χ0) is 10.8. The Balaban J connectivity index is 4.12. The fourth-order valence-corrected chi connectivity index (χ4v) is 1.000. The highest BCUT2D eigenvalue weighted by atomic mass is 32.2. The van der Waals surface area contributed by atoms with Crippen molar-refractivity contribution in [1.82, 2.24) is 5.32 Å². The van der Waals surface area contributed by atoms with Crippen LogP contribution in [-0.4, -0.2) is 24.5 Å². The molecule has 0 aliphatic rings. The lowest BCUT2D eigenvalue weighted by atomic mass is 10.3. The van der Waals surface area contributed by atoms with Crippen molar-refractivity contribution in [3.8, 4) is 0 Å². The summed E-state index contributed by atoms with van der Waals surface area (Å²) in [6.07, 6.45) is 4.88. The van der Waals surface area contributed by atoms with E-state index in [0.717, 1.165) is 0 Å². The number of nitrogens with one attached hydrogen (secondary N) is 1. The van der Waals surface area contributed by atoms with E-state index in [9.17, 15) is 4.79 Å². The van der Waals surface area contributed by atoms with Crippen LogP contribution < -0.4 is 5.32 Å². The van der Waals surface area contributed by atoms with Gasteiger partial charge in [-0.2, -0.15) is 0 Å². The monoisotopic (exact) mass is 210 g/mol. The van der Waals surface area contributed by atoms with Gasteiger partial charge in [-0.1, -0.05) is 25.3 Å². The zero-order valence-electron chi connectivity index (χ0n) is 8.19. The molecule has 0 aromatic rings. The average Bonchev–Trinajstić information content (AvgIpc) is 2.19. The van der Waals surface area contributed by atoms with E-state index in [1.807, 2.05) is 0 Å². The molecule has 0 aromatic carbocycles. The van der Waals surface area contributed by atoms with Crippen LogP contribution in [0.1, 0.15) is 0 Å². The Morgan fingerprint density at radius 1 is 1.57 bits per heavy atom. The standard InChI is InChI=1S/C10H14N2OS/c1-4-6-7-9(11-3)10(13)12-8-14-5-2/h4-7H,1-2,8H2,3H3,(H,12,13)/b7-6-,11-9?. The number of thioether (sulfide) groups is 1. The van der Waals surface area contributed by atoms with Gasteiger partial charge in [-0.25, -0.2) is 0 Å². The number of aliphatic imine (C=N–C) groups is 1. The second-order valence-electron chi connectivity index (χ2n) is 2.19. The van der Waals surface area contributed by atoms with E-state index in [1.54, 1.807) is 30.7 Å². The Morgan fingerprint density at radius 3 is 2.79 bits per heavy atom. The first-order chi connectivity index (χ1) is 6.76. The van der Waals surface area contributed by atoms with Gasteiger partial charge in [0.05, 0.1) is 5.88 Å². The van der Waals surface area contributed by atoms with Crippen molar-refractivity contribution in [3.63, 3.8) is 0 Å². The van der Waals surface area contributed by atoms with Crippen molar-refractivity contribution in [1.29, 1.82) is 0 Å². The van der Waals surface area contributed by atoms with Crippen LogP contribution in [0.4, 0.5) is 0 Å². The summed E-state index contributed by atoms with van der Waals surface area (Å²) in [4.78, 5) is 15.2. The molecule has 3 nitrogen and oxygen atoms in total. The highest BCUT2D eigenvalue weighted by Crippen LogP contribution is 1.95. The number of carbonyl (C=O) groups excluding carboxylic acids is 1. The van der Waals surface area contributed by atoms with Crippen molar-refractivity contribution in [3.05, 3.63) is 36.8 Å². The molecule has 0 aliphatic heterocycles. The highest BCUT2D eigenvalue weighted by molar-refractivity contribution is 8.02. The summed E-state index contributed by atoms with van der Waals surface area (Å²) in [5.41, 5.74) is 0.384. The van der Waals surface area contributed by atoms with Crippen LogP contribution in [0, 0.1) is 0 Å². The van der Waals surface area contributed by atoms with Gasteiger partial charge in [0, 0.05) is 7.05 Å². The molecule has 76 valence electrons. The van der Waals surface area contributed by atoms with Crippen LogP contribution in [0.25, 0.3) is 0 Å². The summed E-state index contributed by atoms with van der Waals surface area (Å²) in [5.74, 6) is 0.309. The van der Waals surface area contributed by atoms with Crippen LogP contribution in [0.3, 0.4) is 0 Å². The molecule has 1 N–H and O–H groups in total. The Bertz CT molecular complexity index is 269. The van der Waals surface area contributed by atoms with E-state index in [2.05, 4.69) is 23.5 Å². The van der Waals surface area contributed by atoms with Gasteiger partial charge in [0.1, 0.15) is 5.71 Å². The van der Waals surface area contributed by atoms with Gasteiger partial charge in [0.2, 0.25) is 0 Å². The minimum atomic E-state index is -0.194. The van der Waals surface area contributed by atoms with E-state index in [-0.39, 0.29) is 5.91 Å². The van der Waals surface area contributed by atoms with Gasteiger partial charge < -0.3 is 5.32 Å². The van der Waals surface area contributed by atoms with Gasteiger partial charge in [0.15, 0.2) is 0 Å². The maximum absolute atomic E-state index is 11.4. The van der Waals surface area contributed by atoms with Crippen molar-refractivity contribution < 1.29 is 4.79 Å². The summed E-state index contributed by atoms with van der Waals surface area (Å²) < 4.78 is 0. The Kier molecular flexibility index (Phi) is 7.55. The number of amides is 1. The fourth-order valence-electron chi connectivity index (χ4n) is 0.668. The lowest BCUT2D eigenvalue weighted by Gasteiger charge is -2.01. The molecular weight excluding hydrogens is 196 g/mol. The van der Waals surface area contributed by atoms with Gasteiger partial charge in [-0.3, -0.25) is 9.79 Å². The molecule has 0 fully saturated rings. The van der Waals surface area contributed by atoms with Crippen LogP contribution in [0.15, 0.2) is 41.8 Å². The minimum Gasteiger partial charge on any atom is -0.341 e. The maximum atomic E-state index is 11.4. The highest BCUT2D eigenvalue weighted by Gasteiger charge is 2.04. The van der Waals surface area contributed by atoms with Crippen molar-refractivity contribution in [2.45, 2.75) is 0 Å². The quantitative estimate of drug-likeness (QED) is 0.314. The van der Waals surface area contributed by atoms with Gasteiger partial charge in [0.25, 0.3) is 5.91 Å². The van der Waals surface area contributed by atoms with E-state index in [1.165, 1.54) is 11.8 Å². The third kappa shape index (κ3) is 5.37. The second-order valence-corrected chi connectivity index (χ2v) is 3.14. The first-order valence-corrected chi connectivity index (χ1v) is 5.07. The Hall–Kier alpha value is -1.29.